The molecule has 0 radical (unpaired) electrons. The molecule has 0 saturated carbocycles. The van der Waals surface area contributed by atoms with E-state index in [1.165, 1.54) is 4.31 Å². The zero-order chi connectivity index (χ0) is 18.0. The van der Waals surface area contributed by atoms with Gasteiger partial charge in [0.05, 0.1) is 12.2 Å². The van der Waals surface area contributed by atoms with Crippen molar-refractivity contribution in [1.82, 2.24) is 14.2 Å². The van der Waals surface area contributed by atoms with Crippen molar-refractivity contribution in [1.29, 1.82) is 0 Å². The minimum Gasteiger partial charge on any atom is -0.441 e. The standard InChI is InChI=1S/C17H23N3O4S/c1-3-25(22,23)20-8-4-7-19(9-10-20)17(21)12-14-5-6-16-15(11-14)18-13(2)24-16/h5-6,11H,3-4,7-10,12H2,1-2H3. The molecule has 1 fully saturated rings. The first-order chi connectivity index (χ1) is 11.9. The molecule has 136 valence electrons. The second-order valence-corrected chi connectivity index (χ2v) is 8.50. The van der Waals surface area contributed by atoms with Gasteiger partial charge in [-0.15, -0.1) is 0 Å². The largest absolute Gasteiger partial charge is 0.441 e. The molecule has 0 aliphatic carbocycles. The third kappa shape index (κ3) is 4.01. The molecular formula is C17H23N3O4S. The molecule has 25 heavy (non-hydrogen) atoms. The van der Waals surface area contributed by atoms with E-state index in [0.29, 0.717) is 44.1 Å². The summed E-state index contributed by atoms with van der Waals surface area (Å²) in [5.41, 5.74) is 2.34. The van der Waals surface area contributed by atoms with Crippen molar-refractivity contribution >= 4 is 27.0 Å². The highest BCUT2D eigenvalue weighted by Gasteiger charge is 2.25. The number of benzene rings is 1. The highest BCUT2D eigenvalue weighted by molar-refractivity contribution is 7.89. The van der Waals surface area contributed by atoms with E-state index >= 15 is 0 Å². The lowest BCUT2D eigenvalue weighted by atomic mass is 10.1. The molecule has 2 heterocycles. The van der Waals surface area contributed by atoms with Crippen molar-refractivity contribution < 1.29 is 17.6 Å². The SMILES string of the molecule is CCS(=O)(=O)N1CCCN(C(=O)Cc2ccc3oc(C)nc3c2)CC1. The van der Waals surface area contributed by atoms with E-state index in [2.05, 4.69) is 4.98 Å². The molecule has 2 aromatic rings. The van der Waals surface area contributed by atoms with E-state index in [9.17, 15) is 13.2 Å². The van der Waals surface area contributed by atoms with Gasteiger partial charge < -0.3 is 9.32 Å². The van der Waals surface area contributed by atoms with Crippen LogP contribution in [0.25, 0.3) is 11.1 Å². The van der Waals surface area contributed by atoms with Gasteiger partial charge in [-0.2, -0.15) is 0 Å². The molecule has 0 atom stereocenters. The van der Waals surface area contributed by atoms with Crippen LogP contribution < -0.4 is 0 Å². The monoisotopic (exact) mass is 365 g/mol. The van der Waals surface area contributed by atoms with Crippen LogP contribution in [0.15, 0.2) is 22.6 Å². The third-order valence-electron chi connectivity index (χ3n) is 4.48. The molecule has 0 spiro atoms. The van der Waals surface area contributed by atoms with Crippen LogP contribution in [-0.4, -0.2) is 60.4 Å². The van der Waals surface area contributed by atoms with Gasteiger partial charge in [0.1, 0.15) is 5.52 Å². The number of amides is 1. The highest BCUT2D eigenvalue weighted by atomic mass is 32.2. The number of aromatic nitrogens is 1. The Kier molecular flexibility index (Phi) is 5.10. The number of hydrogen-bond donors (Lipinski definition) is 0. The lowest BCUT2D eigenvalue weighted by Crippen LogP contribution is -2.38. The smallest absolute Gasteiger partial charge is 0.227 e. The average Bonchev–Trinajstić information content (AvgIpc) is 2.79. The minimum atomic E-state index is -3.20. The summed E-state index contributed by atoms with van der Waals surface area (Å²) in [6.45, 7) is 5.29. The molecule has 0 unspecified atom stereocenters. The van der Waals surface area contributed by atoms with Crippen LogP contribution >= 0.6 is 0 Å². The van der Waals surface area contributed by atoms with Gasteiger partial charge >= 0.3 is 0 Å². The number of nitrogens with zero attached hydrogens (tertiary/aromatic N) is 3. The van der Waals surface area contributed by atoms with Crippen molar-refractivity contribution in [3.05, 3.63) is 29.7 Å². The molecule has 1 aliphatic heterocycles. The van der Waals surface area contributed by atoms with Crippen LogP contribution in [0.2, 0.25) is 0 Å². The summed E-state index contributed by atoms with van der Waals surface area (Å²) in [6, 6.07) is 5.57. The zero-order valence-electron chi connectivity index (χ0n) is 14.6. The molecule has 1 amide bonds. The number of hydrogen-bond acceptors (Lipinski definition) is 5. The molecule has 1 aromatic carbocycles. The van der Waals surface area contributed by atoms with Gasteiger partial charge in [-0.05, 0) is 31.0 Å². The van der Waals surface area contributed by atoms with Crippen molar-refractivity contribution in [3.8, 4) is 0 Å². The van der Waals surface area contributed by atoms with E-state index < -0.39 is 10.0 Å². The fraction of sp³-hybridized carbons (Fsp3) is 0.529. The number of sulfonamides is 1. The summed E-state index contributed by atoms with van der Waals surface area (Å²) in [5.74, 6) is 0.705. The van der Waals surface area contributed by atoms with Crippen molar-refractivity contribution in [2.75, 3.05) is 31.9 Å². The molecular weight excluding hydrogens is 342 g/mol. The number of aryl methyl sites for hydroxylation is 1. The van der Waals surface area contributed by atoms with Crippen LogP contribution in [0.5, 0.6) is 0 Å². The number of rotatable bonds is 4. The van der Waals surface area contributed by atoms with Crippen molar-refractivity contribution in [2.45, 2.75) is 26.7 Å². The fourth-order valence-electron chi connectivity index (χ4n) is 3.09. The van der Waals surface area contributed by atoms with E-state index in [0.717, 1.165) is 11.1 Å². The maximum Gasteiger partial charge on any atom is 0.227 e. The van der Waals surface area contributed by atoms with E-state index in [-0.39, 0.29) is 18.1 Å². The second-order valence-electron chi connectivity index (χ2n) is 6.25. The van der Waals surface area contributed by atoms with Crippen LogP contribution in [0.3, 0.4) is 0 Å². The Bertz CT molecular complexity index is 875. The molecule has 7 nitrogen and oxygen atoms in total. The van der Waals surface area contributed by atoms with Gasteiger partial charge in [-0.1, -0.05) is 6.07 Å². The predicted molar refractivity (Wildman–Crippen MR) is 94.7 cm³/mol. The Morgan fingerprint density at radius 3 is 2.80 bits per heavy atom. The van der Waals surface area contributed by atoms with E-state index in [4.69, 9.17) is 4.42 Å². The number of carbonyl (C=O) groups is 1. The summed E-state index contributed by atoms with van der Waals surface area (Å²) in [6.07, 6.45) is 0.939. The first-order valence-corrected chi connectivity index (χ1v) is 10.1. The van der Waals surface area contributed by atoms with Gasteiger partial charge in [0, 0.05) is 33.1 Å². The Morgan fingerprint density at radius 2 is 2.04 bits per heavy atom. The average molecular weight is 365 g/mol. The van der Waals surface area contributed by atoms with Gasteiger partial charge in [0.2, 0.25) is 15.9 Å². The molecule has 3 rings (SSSR count). The second kappa shape index (κ2) is 7.13. The van der Waals surface area contributed by atoms with E-state index in [1.807, 2.05) is 18.2 Å². The summed E-state index contributed by atoms with van der Waals surface area (Å²) in [7, 11) is -3.20. The summed E-state index contributed by atoms with van der Waals surface area (Å²) >= 11 is 0. The first kappa shape index (κ1) is 17.9. The quantitative estimate of drug-likeness (QED) is 0.821. The fourth-order valence-corrected chi connectivity index (χ4v) is 4.22. The maximum atomic E-state index is 12.6. The molecule has 0 bridgehead atoms. The Labute approximate surface area is 147 Å². The van der Waals surface area contributed by atoms with Crippen molar-refractivity contribution in [3.63, 3.8) is 0 Å². The number of carbonyl (C=O) groups excluding carboxylic acids is 1. The summed E-state index contributed by atoms with van der Waals surface area (Å²) in [5, 5.41) is 0. The Balaban J connectivity index is 1.66. The van der Waals surface area contributed by atoms with Crippen LogP contribution in [0.1, 0.15) is 24.8 Å². The molecule has 8 heteroatoms. The van der Waals surface area contributed by atoms with Crippen LogP contribution in [-0.2, 0) is 21.2 Å². The Hall–Kier alpha value is -1.93. The van der Waals surface area contributed by atoms with Gasteiger partial charge in [0.15, 0.2) is 11.5 Å². The van der Waals surface area contributed by atoms with Crippen LogP contribution in [0.4, 0.5) is 0 Å². The van der Waals surface area contributed by atoms with Crippen molar-refractivity contribution in [2.24, 2.45) is 0 Å². The van der Waals surface area contributed by atoms with Gasteiger partial charge in [0.25, 0.3) is 0 Å². The lowest BCUT2D eigenvalue weighted by Gasteiger charge is -2.21. The first-order valence-electron chi connectivity index (χ1n) is 8.50. The minimum absolute atomic E-state index is 0.00955. The Morgan fingerprint density at radius 1 is 1.24 bits per heavy atom. The maximum absolute atomic E-state index is 12.6. The zero-order valence-corrected chi connectivity index (χ0v) is 15.4. The normalized spacial score (nSPS) is 17.0. The molecule has 1 saturated heterocycles. The van der Waals surface area contributed by atoms with Crippen LogP contribution in [0, 0.1) is 6.92 Å². The van der Waals surface area contributed by atoms with E-state index in [1.54, 1.807) is 18.7 Å². The number of fused-ring (bicyclic) bond motifs is 1. The lowest BCUT2D eigenvalue weighted by molar-refractivity contribution is -0.130. The molecule has 0 N–H and O–H groups in total. The molecule has 1 aliphatic rings. The van der Waals surface area contributed by atoms with Gasteiger partial charge in [-0.3, -0.25) is 4.79 Å². The highest BCUT2D eigenvalue weighted by Crippen LogP contribution is 2.18. The topological polar surface area (TPSA) is 83.7 Å². The number of oxazole rings is 1. The van der Waals surface area contributed by atoms with Gasteiger partial charge in [-0.25, -0.2) is 17.7 Å². The summed E-state index contributed by atoms with van der Waals surface area (Å²) in [4.78, 5) is 18.6. The predicted octanol–water partition coefficient (Wildman–Crippen LogP) is 1.56. The molecule has 1 aromatic heterocycles. The summed E-state index contributed by atoms with van der Waals surface area (Å²) < 4.78 is 31.0. The third-order valence-corrected chi connectivity index (χ3v) is 6.36.